The number of hydrogen-bond acceptors (Lipinski definition) is 1. The molecule has 2 fully saturated rings. The topological polar surface area (TPSA) is 29.1 Å². The molecule has 0 bridgehead atoms. The summed E-state index contributed by atoms with van der Waals surface area (Å²) in [5.41, 5.74) is 0.149. The highest BCUT2D eigenvalue weighted by Gasteiger charge is 2.68. The second-order valence-electron chi connectivity index (χ2n) is 6.63. The zero-order valence-corrected chi connectivity index (χ0v) is 11.4. The van der Waals surface area contributed by atoms with Crippen LogP contribution in [-0.2, 0) is 4.79 Å². The molecule has 0 radical (unpaired) electrons. The normalized spacial score (nSPS) is 29.3. The summed E-state index contributed by atoms with van der Waals surface area (Å²) in [5, 5.41) is 3.18. The van der Waals surface area contributed by atoms with Gasteiger partial charge in [0.25, 0.3) is 0 Å². The molecule has 0 unspecified atom stereocenters. The maximum absolute atomic E-state index is 12.2. The number of halogens is 1. The van der Waals surface area contributed by atoms with E-state index in [1.165, 1.54) is 6.42 Å². The zero-order chi connectivity index (χ0) is 12.2. The standard InChI is InChI=1S/C13H22ClNO/c1-11(2)9(12(11,3)4)10(16)15-13(8-14)6-5-7-13/h9H,5-8H2,1-4H3,(H,15,16). The number of alkyl halides is 1. The maximum atomic E-state index is 12.2. The lowest BCUT2D eigenvalue weighted by Gasteiger charge is -2.41. The van der Waals surface area contributed by atoms with Crippen LogP contribution < -0.4 is 5.32 Å². The third-order valence-electron chi connectivity index (χ3n) is 5.24. The summed E-state index contributed by atoms with van der Waals surface area (Å²) in [6.45, 7) is 8.69. The summed E-state index contributed by atoms with van der Waals surface area (Å²) >= 11 is 5.96. The fourth-order valence-electron chi connectivity index (χ4n) is 3.08. The summed E-state index contributed by atoms with van der Waals surface area (Å²) < 4.78 is 0. The van der Waals surface area contributed by atoms with Gasteiger partial charge in [-0.2, -0.15) is 0 Å². The number of nitrogens with one attached hydrogen (secondary N) is 1. The van der Waals surface area contributed by atoms with Crippen molar-refractivity contribution >= 4 is 17.5 Å². The molecule has 0 spiro atoms. The van der Waals surface area contributed by atoms with Crippen molar-refractivity contribution in [2.45, 2.75) is 52.5 Å². The lowest BCUT2D eigenvalue weighted by molar-refractivity contribution is -0.126. The fraction of sp³-hybridized carbons (Fsp3) is 0.923. The van der Waals surface area contributed by atoms with E-state index in [1.54, 1.807) is 0 Å². The van der Waals surface area contributed by atoms with Crippen molar-refractivity contribution in [3.05, 3.63) is 0 Å². The Hall–Kier alpha value is -0.240. The van der Waals surface area contributed by atoms with E-state index < -0.39 is 0 Å². The van der Waals surface area contributed by atoms with E-state index in [0.29, 0.717) is 5.88 Å². The highest BCUT2D eigenvalue weighted by atomic mass is 35.5. The minimum atomic E-state index is -0.0899. The van der Waals surface area contributed by atoms with E-state index in [4.69, 9.17) is 11.6 Å². The van der Waals surface area contributed by atoms with Gasteiger partial charge in [-0.1, -0.05) is 27.7 Å². The van der Waals surface area contributed by atoms with E-state index in [9.17, 15) is 4.79 Å². The predicted octanol–water partition coefficient (Wildman–Crippen LogP) is 2.95. The minimum absolute atomic E-state index is 0.0899. The molecule has 92 valence electrons. The molecular weight excluding hydrogens is 222 g/mol. The van der Waals surface area contributed by atoms with Crippen molar-refractivity contribution < 1.29 is 4.79 Å². The average molecular weight is 244 g/mol. The number of carbonyl (C=O) groups excluding carboxylic acids is 1. The molecule has 0 aromatic carbocycles. The Morgan fingerprint density at radius 2 is 1.75 bits per heavy atom. The van der Waals surface area contributed by atoms with Gasteiger partial charge in [-0.15, -0.1) is 11.6 Å². The van der Waals surface area contributed by atoms with Crippen LogP contribution in [-0.4, -0.2) is 17.3 Å². The molecule has 0 heterocycles. The van der Waals surface area contributed by atoms with Gasteiger partial charge >= 0.3 is 0 Å². The Morgan fingerprint density at radius 3 is 2.00 bits per heavy atom. The van der Waals surface area contributed by atoms with Gasteiger partial charge < -0.3 is 5.32 Å². The van der Waals surface area contributed by atoms with Gasteiger partial charge in [-0.3, -0.25) is 4.79 Å². The molecule has 0 saturated heterocycles. The highest BCUT2D eigenvalue weighted by molar-refractivity contribution is 6.19. The minimum Gasteiger partial charge on any atom is -0.349 e. The van der Waals surface area contributed by atoms with E-state index >= 15 is 0 Å². The second-order valence-corrected chi connectivity index (χ2v) is 6.90. The lowest BCUT2D eigenvalue weighted by Crippen LogP contribution is -2.55. The lowest BCUT2D eigenvalue weighted by atomic mass is 9.78. The van der Waals surface area contributed by atoms with Crippen LogP contribution in [0.5, 0.6) is 0 Å². The van der Waals surface area contributed by atoms with Gasteiger partial charge in [0.05, 0.1) is 5.54 Å². The largest absolute Gasteiger partial charge is 0.349 e. The van der Waals surface area contributed by atoms with Crippen molar-refractivity contribution in [2.24, 2.45) is 16.7 Å². The molecule has 0 atom stereocenters. The molecule has 1 amide bonds. The number of rotatable bonds is 3. The molecule has 16 heavy (non-hydrogen) atoms. The Balaban J connectivity index is 2.01. The first-order chi connectivity index (χ1) is 7.27. The van der Waals surface area contributed by atoms with Crippen LogP contribution in [0.15, 0.2) is 0 Å². The number of amides is 1. The van der Waals surface area contributed by atoms with Crippen LogP contribution in [0.25, 0.3) is 0 Å². The van der Waals surface area contributed by atoms with Gasteiger partial charge in [0.2, 0.25) is 5.91 Å². The monoisotopic (exact) mass is 243 g/mol. The van der Waals surface area contributed by atoms with E-state index in [-0.39, 0.29) is 28.2 Å². The third kappa shape index (κ3) is 1.49. The van der Waals surface area contributed by atoms with Crippen molar-refractivity contribution in [1.29, 1.82) is 0 Å². The molecule has 2 nitrogen and oxygen atoms in total. The molecule has 2 aliphatic rings. The number of hydrogen-bond donors (Lipinski definition) is 1. The molecule has 0 aromatic heterocycles. The molecule has 0 aliphatic heterocycles. The second kappa shape index (κ2) is 3.38. The van der Waals surface area contributed by atoms with Crippen molar-refractivity contribution in [1.82, 2.24) is 5.32 Å². The van der Waals surface area contributed by atoms with Crippen LogP contribution in [0.2, 0.25) is 0 Å². The third-order valence-corrected chi connectivity index (χ3v) is 5.75. The molecule has 2 rings (SSSR count). The van der Waals surface area contributed by atoms with Crippen molar-refractivity contribution in [3.8, 4) is 0 Å². The highest BCUT2D eigenvalue weighted by Crippen LogP contribution is 2.68. The van der Waals surface area contributed by atoms with Crippen LogP contribution >= 0.6 is 11.6 Å². The Morgan fingerprint density at radius 1 is 1.25 bits per heavy atom. The van der Waals surface area contributed by atoms with E-state index in [1.807, 2.05) is 0 Å². The van der Waals surface area contributed by atoms with E-state index in [2.05, 4.69) is 33.0 Å². The van der Waals surface area contributed by atoms with Crippen LogP contribution in [0.1, 0.15) is 47.0 Å². The summed E-state index contributed by atoms with van der Waals surface area (Å²) in [7, 11) is 0. The fourth-order valence-corrected chi connectivity index (χ4v) is 3.42. The maximum Gasteiger partial charge on any atom is 0.224 e. The Labute approximate surface area is 103 Å². The van der Waals surface area contributed by atoms with Crippen molar-refractivity contribution in [2.75, 3.05) is 5.88 Å². The van der Waals surface area contributed by atoms with Crippen LogP contribution in [0, 0.1) is 16.7 Å². The van der Waals surface area contributed by atoms with Crippen LogP contribution in [0.3, 0.4) is 0 Å². The summed E-state index contributed by atoms with van der Waals surface area (Å²) in [6.07, 6.45) is 3.26. The molecule has 3 heteroatoms. The number of carbonyl (C=O) groups is 1. The SMILES string of the molecule is CC1(C)C(C(=O)NC2(CCl)CCC2)C1(C)C. The predicted molar refractivity (Wildman–Crippen MR) is 66.5 cm³/mol. The van der Waals surface area contributed by atoms with E-state index in [0.717, 1.165) is 12.8 Å². The zero-order valence-electron chi connectivity index (χ0n) is 10.7. The van der Waals surface area contributed by atoms with Gasteiger partial charge in [0, 0.05) is 11.8 Å². The molecule has 2 aliphatic carbocycles. The quantitative estimate of drug-likeness (QED) is 0.759. The summed E-state index contributed by atoms with van der Waals surface area (Å²) in [4.78, 5) is 12.2. The average Bonchev–Trinajstić information content (AvgIpc) is 2.50. The Bertz CT molecular complexity index is 298. The molecule has 2 saturated carbocycles. The smallest absolute Gasteiger partial charge is 0.224 e. The molecule has 0 aromatic rings. The first-order valence-corrected chi connectivity index (χ1v) is 6.68. The molecular formula is C13H22ClNO. The first-order valence-electron chi connectivity index (χ1n) is 6.15. The van der Waals surface area contributed by atoms with Gasteiger partial charge in [0.1, 0.15) is 0 Å². The molecule has 1 N–H and O–H groups in total. The van der Waals surface area contributed by atoms with Crippen molar-refractivity contribution in [3.63, 3.8) is 0 Å². The van der Waals surface area contributed by atoms with Gasteiger partial charge in [-0.05, 0) is 30.1 Å². The van der Waals surface area contributed by atoms with Gasteiger partial charge in [-0.25, -0.2) is 0 Å². The summed E-state index contributed by atoms with van der Waals surface area (Å²) in [5.74, 6) is 0.891. The Kier molecular flexibility index (Phi) is 2.58. The first kappa shape index (κ1) is 12.2. The van der Waals surface area contributed by atoms with Crippen LogP contribution in [0.4, 0.5) is 0 Å². The van der Waals surface area contributed by atoms with Gasteiger partial charge in [0.15, 0.2) is 0 Å². The summed E-state index contributed by atoms with van der Waals surface area (Å²) in [6, 6.07) is 0.